The molecule has 2 heterocycles. The lowest BCUT2D eigenvalue weighted by Gasteiger charge is -2.32. The molecule has 0 atom stereocenters. The van der Waals surface area contributed by atoms with E-state index in [4.69, 9.17) is 23.2 Å². The topological polar surface area (TPSA) is 18.5 Å². The molecule has 0 bridgehead atoms. The zero-order valence-corrected chi connectivity index (χ0v) is 11.4. The Hall–Kier alpha value is -2.68. The van der Waals surface area contributed by atoms with Gasteiger partial charge in [0.1, 0.15) is 23.0 Å². The van der Waals surface area contributed by atoms with Crippen molar-refractivity contribution in [2.24, 2.45) is 0 Å². The molecule has 0 spiro atoms. The number of rotatable bonds is 0. The summed E-state index contributed by atoms with van der Waals surface area (Å²) in [7, 11) is 0. The van der Waals surface area contributed by atoms with Crippen molar-refractivity contribution in [3.8, 4) is 23.0 Å². The monoisotopic (exact) mass is 294 g/mol. The summed E-state index contributed by atoms with van der Waals surface area (Å²) in [6.45, 7) is 0.400. The van der Waals surface area contributed by atoms with E-state index in [9.17, 15) is 0 Å². The van der Waals surface area contributed by atoms with Crippen molar-refractivity contribution in [3.05, 3.63) is 66.0 Å². The van der Waals surface area contributed by atoms with Crippen LogP contribution in [0.4, 0.5) is 0 Å². The van der Waals surface area contributed by atoms with Gasteiger partial charge in [-0.25, -0.2) is 0 Å². The van der Waals surface area contributed by atoms with Crippen LogP contribution < -0.4 is 25.9 Å². The molecule has 0 amide bonds. The maximum Gasteiger partial charge on any atom is 0.260 e. The molecule has 0 saturated heterocycles. The van der Waals surface area contributed by atoms with E-state index in [1.54, 1.807) is 0 Å². The van der Waals surface area contributed by atoms with Gasteiger partial charge in [0.05, 0.1) is 13.7 Å². The predicted octanol–water partition coefficient (Wildman–Crippen LogP) is 2.72. The van der Waals surface area contributed by atoms with E-state index in [0.717, 1.165) is 0 Å². The molecule has 2 nitrogen and oxygen atoms in total. The average molecular weight is 294 g/mol. The van der Waals surface area contributed by atoms with Gasteiger partial charge in [-0.2, -0.15) is 0 Å². The molecule has 0 radical (unpaired) electrons. The maximum atomic E-state index is 8.64. The number of ether oxygens (including phenoxy) is 2. The molecule has 0 fully saturated rings. The second-order valence-corrected chi connectivity index (χ2v) is 5.07. The van der Waals surface area contributed by atoms with Gasteiger partial charge in [-0.1, -0.05) is 41.8 Å². The molecule has 104 valence electrons. The van der Waals surface area contributed by atoms with Crippen LogP contribution in [0.5, 0.6) is 23.0 Å². The summed E-state index contributed by atoms with van der Waals surface area (Å²) in [4.78, 5) is 0. The van der Waals surface area contributed by atoms with Crippen molar-refractivity contribution in [2.45, 2.75) is 6.92 Å². The summed E-state index contributed by atoms with van der Waals surface area (Å²) in [6, 6.07) is -4.08. The van der Waals surface area contributed by atoms with Crippen LogP contribution in [0.15, 0.2) is 60.4 Å². The molecular formula is C19H13BO2. The summed E-state index contributed by atoms with van der Waals surface area (Å²) in [5, 5.41) is 0. The Morgan fingerprint density at radius 1 is 0.773 bits per heavy atom. The summed E-state index contributed by atoms with van der Waals surface area (Å²) >= 11 is 0. The van der Waals surface area contributed by atoms with Crippen LogP contribution in [0.2, 0.25) is 0 Å². The minimum atomic E-state index is -1.10. The third kappa shape index (κ3) is 1.51. The van der Waals surface area contributed by atoms with E-state index in [1.165, 1.54) is 6.92 Å². The zero-order valence-electron chi connectivity index (χ0n) is 21.4. The molecule has 0 aliphatic carbocycles. The lowest BCUT2D eigenvalue weighted by molar-refractivity contribution is 0.464. The highest BCUT2D eigenvalue weighted by Crippen LogP contribution is 2.33. The van der Waals surface area contributed by atoms with Gasteiger partial charge in [0.15, 0.2) is 0 Å². The second kappa shape index (κ2) is 4.17. The number of hydrogen-bond donors (Lipinski definition) is 0. The number of fused-ring (bicyclic) bond motifs is 4. The third-order valence-electron chi connectivity index (χ3n) is 3.73. The van der Waals surface area contributed by atoms with E-state index >= 15 is 0 Å². The van der Waals surface area contributed by atoms with Gasteiger partial charge in [0.2, 0.25) is 0 Å². The highest BCUT2D eigenvalue weighted by atomic mass is 16.5. The van der Waals surface area contributed by atoms with Gasteiger partial charge < -0.3 is 9.47 Å². The molecule has 3 aromatic carbocycles. The standard InChI is InChI=1S/C19H13BO2/c1-12-9-10-16-14(11-12)20-13-5-2-3-6-15(13)21-17-7-4-8-18(22-16)19(17)20/h2-11H,1H3/i2D,3D,4D,5D,6D,7D,8D,9D,10D,11D. The Balaban J connectivity index is 2.03. The third-order valence-corrected chi connectivity index (χ3v) is 3.73. The molecule has 0 N–H and O–H groups in total. The van der Waals surface area contributed by atoms with Crippen molar-refractivity contribution in [2.75, 3.05) is 0 Å². The van der Waals surface area contributed by atoms with E-state index in [0.29, 0.717) is 0 Å². The highest BCUT2D eigenvalue weighted by molar-refractivity contribution is 6.98. The van der Waals surface area contributed by atoms with Gasteiger partial charge in [-0.3, -0.25) is 0 Å². The van der Waals surface area contributed by atoms with Crippen LogP contribution in [-0.4, -0.2) is 6.71 Å². The van der Waals surface area contributed by atoms with Crippen LogP contribution in [0, 0.1) is 6.92 Å². The summed E-state index contributed by atoms with van der Waals surface area (Å²) in [5.41, 5.74) is 0.385. The van der Waals surface area contributed by atoms with Gasteiger partial charge in [-0.05, 0) is 42.0 Å². The number of hydrogen-bond acceptors (Lipinski definition) is 2. The van der Waals surface area contributed by atoms with Gasteiger partial charge >= 0.3 is 0 Å². The molecule has 3 aromatic rings. The first-order valence-electron chi connectivity index (χ1n) is 11.7. The fraction of sp³-hybridized carbons (Fsp3) is 0.0526. The molecule has 5 rings (SSSR count). The lowest BCUT2D eigenvalue weighted by atomic mass is 9.35. The van der Waals surface area contributed by atoms with E-state index in [1.807, 2.05) is 0 Å². The van der Waals surface area contributed by atoms with Gasteiger partial charge in [0.25, 0.3) is 6.71 Å². The average Bonchev–Trinajstić information content (AvgIpc) is 2.79. The lowest BCUT2D eigenvalue weighted by Crippen LogP contribution is -2.57. The van der Waals surface area contributed by atoms with Crippen molar-refractivity contribution < 1.29 is 23.2 Å². The zero-order chi connectivity index (χ0) is 23.4. The molecular weight excluding hydrogens is 271 g/mol. The Bertz CT molecular complexity index is 1270. The maximum absolute atomic E-state index is 8.64. The van der Waals surface area contributed by atoms with E-state index in [2.05, 4.69) is 0 Å². The Morgan fingerprint density at radius 2 is 1.45 bits per heavy atom. The molecule has 2 aliphatic rings. The fourth-order valence-corrected chi connectivity index (χ4v) is 2.83. The Morgan fingerprint density at radius 3 is 2.27 bits per heavy atom. The second-order valence-electron chi connectivity index (χ2n) is 5.07. The predicted molar refractivity (Wildman–Crippen MR) is 88.9 cm³/mol. The smallest absolute Gasteiger partial charge is 0.260 e. The van der Waals surface area contributed by atoms with Gasteiger partial charge in [-0.15, -0.1) is 0 Å². The summed E-state index contributed by atoms with van der Waals surface area (Å²) in [6.07, 6.45) is 0. The molecule has 3 heteroatoms. The first-order valence-corrected chi connectivity index (χ1v) is 6.68. The van der Waals surface area contributed by atoms with Crippen molar-refractivity contribution in [3.63, 3.8) is 0 Å². The fourth-order valence-electron chi connectivity index (χ4n) is 2.83. The molecule has 2 aliphatic heterocycles. The Labute approximate surface area is 143 Å². The normalized spacial score (nSPS) is 19.8. The number of para-hydroxylation sites is 1. The van der Waals surface area contributed by atoms with E-state index < -0.39 is 49.0 Å². The van der Waals surface area contributed by atoms with Crippen LogP contribution in [-0.2, 0) is 0 Å². The molecule has 0 aromatic heterocycles. The van der Waals surface area contributed by atoms with Gasteiger partial charge in [0, 0.05) is 5.46 Å². The van der Waals surface area contributed by atoms with Crippen LogP contribution >= 0.6 is 0 Å². The van der Waals surface area contributed by atoms with Crippen LogP contribution in [0.1, 0.15) is 19.3 Å². The highest BCUT2D eigenvalue weighted by Gasteiger charge is 2.39. The summed E-state index contributed by atoms with van der Waals surface area (Å²) in [5.74, 6) is -0.795. The molecule has 22 heavy (non-hydrogen) atoms. The minimum absolute atomic E-state index is 0.00383. The van der Waals surface area contributed by atoms with Crippen molar-refractivity contribution >= 4 is 23.1 Å². The van der Waals surface area contributed by atoms with Crippen molar-refractivity contribution in [1.29, 1.82) is 0 Å². The quantitative estimate of drug-likeness (QED) is 0.409. The van der Waals surface area contributed by atoms with Crippen LogP contribution in [0.3, 0.4) is 0 Å². The van der Waals surface area contributed by atoms with E-state index in [-0.39, 0.29) is 63.1 Å². The minimum Gasteiger partial charge on any atom is -0.458 e. The van der Waals surface area contributed by atoms with Crippen LogP contribution in [0.25, 0.3) is 0 Å². The number of benzene rings is 3. The Kier molecular flexibility index (Phi) is 1.11. The van der Waals surface area contributed by atoms with Crippen molar-refractivity contribution in [1.82, 2.24) is 0 Å². The summed E-state index contributed by atoms with van der Waals surface area (Å²) < 4.78 is 94.4. The largest absolute Gasteiger partial charge is 0.458 e. The molecule has 0 unspecified atom stereocenters. The SMILES string of the molecule is [2H]c1c([2H])c([2H])c2c(c1[2H])Oc1c([2H])c([2H])c([2H])c3c1B2c1c([2H])c(C)c([2H])c([2H])c1O3. The first kappa shape index (κ1) is 5.84. The molecule has 0 saturated carbocycles. The first-order chi connectivity index (χ1) is 15.0.